The molecule has 0 amide bonds. The molecule has 28 heavy (non-hydrogen) atoms. The fourth-order valence-corrected chi connectivity index (χ4v) is 5.06. The van der Waals surface area contributed by atoms with Crippen molar-refractivity contribution in [1.29, 1.82) is 0 Å². The molecule has 1 atom stereocenters. The molecule has 0 aromatic heterocycles. The summed E-state index contributed by atoms with van der Waals surface area (Å²) in [4.78, 5) is 6.73. The Kier molecular flexibility index (Phi) is 5.11. The van der Waals surface area contributed by atoms with E-state index in [9.17, 15) is 5.11 Å². The average Bonchev–Trinajstić information content (AvgIpc) is 2.74. The van der Waals surface area contributed by atoms with Gasteiger partial charge in [0.1, 0.15) is 5.60 Å². The summed E-state index contributed by atoms with van der Waals surface area (Å²) in [6.45, 7) is 3.33. The molecule has 3 fully saturated rings. The van der Waals surface area contributed by atoms with Gasteiger partial charge in [-0.3, -0.25) is 0 Å². The number of aliphatic hydroxyl groups is 1. The quantitative estimate of drug-likeness (QED) is 0.862. The second kappa shape index (κ2) is 7.41. The highest BCUT2D eigenvalue weighted by molar-refractivity contribution is 5.52. The molecular weight excluding hydrogens is 346 g/mol. The van der Waals surface area contributed by atoms with Gasteiger partial charge in [-0.2, -0.15) is 0 Å². The molecule has 3 saturated heterocycles. The van der Waals surface area contributed by atoms with Crippen LogP contribution in [-0.2, 0) is 5.60 Å². The third kappa shape index (κ3) is 3.29. The summed E-state index contributed by atoms with van der Waals surface area (Å²) in [5.41, 5.74) is 3.37. The number of piperidine rings is 3. The molecule has 3 heterocycles. The van der Waals surface area contributed by atoms with E-state index in [0.29, 0.717) is 5.92 Å². The highest BCUT2D eigenvalue weighted by Crippen LogP contribution is 2.47. The van der Waals surface area contributed by atoms with Gasteiger partial charge >= 0.3 is 0 Å². The molecule has 4 heteroatoms. The van der Waals surface area contributed by atoms with Crippen LogP contribution in [0.4, 0.5) is 11.4 Å². The van der Waals surface area contributed by atoms with Crippen molar-refractivity contribution in [2.24, 2.45) is 11.8 Å². The van der Waals surface area contributed by atoms with Crippen LogP contribution in [0.1, 0.15) is 24.0 Å². The first-order valence-electron chi connectivity index (χ1n) is 10.4. The van der Waals surface area contributed by atoms with E-state index in [1.54, 1.807) is 0 Å². The van der Waals surface area contributed by atoms with Crippen LogP contribution in [0, 0.1) is 11.8 Å². The monoisotopic (exact) mass is 379 g/mol. The summed E-state index contributed by atoms with van der Waals surface area (Å²) < 4.78 is 0. The van der Waals surface area contributed by atoms with Gasteiger partial charge in [-0.1, -0.05) is 24.3 Å². The Morgan fingerprint density at radius 3 is 1.54 bits per heavy atom. The first kappa shape index (κ1) is 19.3. The summed E-state index contributed by atoms with van der Waals surface area (Å²) in [5.74, 6) is 0.808. The Balaban J connectivity index is 1.78. The predicted molar refractivity (Wildman–Crippen MR) is 117 cm³/mol. The maximum atomic E-state index is 12.3. The van der Waals surface area contributed by atoms with Gasteiger partial charge in [-0.25, -0.2) is 0 Å². The minimum Gasteiger partial charge on any atom is -0.380 e. The van der Waals surface area contributed by atoms with Crippen LogP contribution < -0.4 is 9.80 Å². The molecule has 150 valence electrons. The van der Waals surface area contributed by atoms with Crippen LogP contribution in [0.5, 0.6) is 0 Å². The second-order valence-electron chi connectivity index (χ2n) is 8.89. The molecule has 0 aliphatic carbocycles. The zero-order valence-electron chi connectivity index (χ0n) is 17.6. The SMILES string of the molecule is CN(C)c1ccc(C(O)(c2ccc(N(C)C)cc2)C2CN3CCC2CC3)cc1. The van der Waals surface area contributed by atoms with Gasteiger partial charge in [0.2, 0.25) is 0 Å². The Labute approximate surface area is 169 Å². The van der Waals surface area contributed by atoms with E-state index in [1.807, 2.05) is 0 Å². The fraction of sp³-hybridized carbons (Fsp3) is 0.500. The molecule has 1 unspecified atom stereocenters. The standard InChI is InChI=1S/C24H33N3O/c1-25(2)21-9-5-19(6-10-21)24(28,20-7-11-22(12-8-20)26(3)4)23-17-27-15-13-18(23)14-16-27/h5-12,18,23,28H,13-17H2,1-4H3. The van der Waals surface area contributed by atoms with E-state index < -0.39 is 5.60 Å². The van der Waals surface area contributed by atoms with Crippen LogP contribution in [0.15, 0.2) is 48.5 Å². The van der Waals surface area contributed by atoms with Crippen molar-refractivity contribution >= 4 is 11.4 Å². The molecule has 5 rings (SSSR count). The van der Waals surface area contributed by atoms with Gasteiger partial charge in [0, 0.05) is 52.0 Å². The molecule has 1 N–H and O–H groups in total. The van der Waals surface area contributed by atoms with E-state index >= 15 is 0 Å². The Morgan fingerprint density at radius 2 is 1.21 bits per heavy atom. The molecule has 3 aliphatic heterocycles. The zero-order chi connectivity index (χ0) is 19.9. The van der Waals surface area contributed by atoms with Crippen LogP contribution >= 0.6 is 0 Å². The maximum absolute atomic E-state index is 12.3. The maximum Gasteiger partial charge on any atom is 0.119 e. The van der Waals surface area contributed by atoms with Crippen molar-refractivity contribution in [2.75, 3.05) is 57.6 Å². The Hall–Kier alpha value is -2.04. The van der Waals surface area contributed by atoms with Crippen molar-refractivity contribution < 1.29 is 5.11 Å². The minimum atomic E-state index is -0.959. The lowest BCUT2D eigenvalue weighted by atomic mass is 9.65. The average molecular weight is 380 g/mol. The highest BCUT2D eigenvalue weighted by Gasteiger charge is 2.48. The third-order valence-electron chi connectivity index (χ3n) is 6.84. The lowest BCUT2D eigenvalue weighted by molar-refractivity contribution is -0.0764. The molecule has 0 radical (unpaired) electrons. The van der Waals surface area contributed by atoms with Gasteiger partial charge in [0.25, 0.3) is 0 Å². The number of fused-ring (bicyclic) bond motifs is 3. The molecule has 0 saturated carbocycles. The van der Waals surface area contributed by atoms with Crippen LogP contribution in [-0.4, -0.2) is 57.8 Å². The van der Waals surface area contributed by atoms with E-state index in [-0.39, 0.29) is 5.92 Å². The van der Waals surface area contributed by atoms with E-state index in [1.165, 1.54) is 25.9 Å². The lowest BCUT2D eigenvalue weighted by Gasteiger charge is -2.51. The summed E-state index contributed by atoms with van der Waals surface area (Å²) in [6, 6.07) is 17.0. The number of benzene rings is 2. The molecule has 0 spiro atoms. The number of nitrogens with zero attached hydrogens (tertiary/aromatic N) is 3. The van der Waals surface area contributed by atoms with Crippen molar-refractivity contribution in [1.82, 2.24) is 4.90 Å². The van der Waals surface area contributed by atoms with Crippen LogP contribution in [0.2, 0.25) is 0 Å². The summed E-state index contributed by atoms with van der Waals surface area (Å²) in [6.07, 6.45) is 2.39. The van der Waals surface area contributed by atoms with Gasteiger partial charge in [-0.05, 0) is 67.2 Å². The Morgan fingerprint density at radius 1 is 0.786 bits per heavy atom. The highest BCUT2D eigenvalue weighted by atomic mass is 16.3. The second-order valence-corrected chi connectivity index (χ2v) is 8.89. The first-order chi connectivity index (χ1) is 13.4. The van der Waals surface area contributed by atoms with E-state index in [0.717, 1.165) is 29.0 Å². The van der Waals surface area contributed by atoms with Crippen molar-refractivity contribution in [2.45, 2.75) is 18.4 Å². The number of anilines is 2. The number of hydrogen-bond donors (Lipinski definition) is 1. The zero-order valence-corrected chi connectivity index (χ0v) is 17.6. The van der Waals surface area contributed by atoms with Gasteiger partial charge < -0.3 is 19.8 Å². The minimum absolute atomic E-state index is 0.227. The smallest absolute Gasteiger partial charge is 0.119 e. The fourth-order valence-electron chi connectivity index (χ4n) is 5.06. The summed E-state index contributed by atoms with van der Waals surface area (Å²) in [5, 5.41) is 12.3. The van der Waals surface area contributed by atoms with Gasteiger partial charge in [0.15, 0.2) is 0 Å². The van der Waals surface area contributed by atoms with E-state index in [2.05, 4.69) is 91.4 Å². The summed E-state index contributed by atoms with van der Waals surface area (Å²) >= 11 is 0. The topological polar surface area (TPSA) is 30.0 Å². The van der Waals surface area contributed by atoms with Crippen molar-refractivity contribution in [3.63, 3.8) is 0 Å². The van der Waals surface area contributed by atoms with Gasteiger partial charge in [0.05, 0.1) is 0 Å². The molecule has 2 aromatic carbocycles. The predicted octanol–water partition coefficient (Wildman–Crippen LogP) is 3.40. The lowest BCUT2D eigenvalue weighted by Crippen LogP contribution is -2.55. The molecule has 2 bridgehead atoms. The van der Waals surface area contributed by atoms with Crippen molar-refractivity contribution in [3.05, 3.63) is 59.7 Å². The third-order valence-corrected chi connectivity index (χ3v) is 6.84. The van der Waals surface area contributed by atoms with Crippen LogP contribution in [0.3, 0.4) is 0 Å². The summed E-state index contributed by atoms with van der Waals surface area (Å²) in [7, 11) is 8.20. The number of rotatable bonds is 5. The molecule has 3 aliphatic rings. The van der Waals surface area contributed by atoms with Gasteiger partial charge in [-0.15, -0.1) is 0 Å². The molecule has 4 nitrogen and oxygen atoms in total. The van der Waals surface area contributed by atoms with Crippen molar-refractivity contribution in [3.8, 4) is 0 Å². The van der Waals surface area contributed by atoms with E-state index in [4.69, 9.17) is 0 Å². The Bertz CT molecular complexity index is 738. The first-order valence-corrected chi connectivity index (χ1v) is 10.4. The molecular formula is C24H33N3O. The van der Waals surface area contributed by atoms with Crippen LogP contribution in [0.25, 0.3) is 0 Å². The normalized spacial score (nSPS) is 24.2. The largest absolute Gasteiger partial charge is 0.380 e. The number of hydrogen-bond acceptors (Lipinski definition) is 4. The molecule has 2 aromatic rings.